The number of hydrogen-bond acceptors (Lipinski definition) is 4. The first-order valence-corrected chi connectivity index (χ1v) is 6.05. The summed E-state index contributed by atoms with van der Waals surface area (Å²) in [5.74, 6) is -0.222. The van der Waals surface area contributed by atoms with E-state index in [0.717, 1.165) is 12.1 Å². The van der Waals surface area contributed by atoms with Crippen molar-refractivity contribution in [1.82, 2.24) is 15.1 Å². The zero-order valence-corrected chi connectivity index (χ0v) is 11.1. The predicted molar refractivity (Wildman–Crippen MR) is 67.4 cm³/mol. The van der Waals surface area contributed by atoms with Crippen molar-refractivity contribution in [2.75, 3.05) is 20.3 Å². The highest BCUT2D eigenvalue weighted by atomic mass is 16.5. The summed E-state index contributed by atoms with van der Waals surface area (Å²) < 4.78 is 6.48. The molecule has 0 radical (unpaired) electrons. The van der Waals surface area contributed by atoms with Crippen LogP contribution in [0.4, 0.5) is 0 Å². The second kappa shape index (κ2) is 7.13. The van der Waals surface area contributed by atoms with Crippen LogP contribution in [0.15, 0.2) is 6.07 Å². The molecule has 1 amide bonds. The maximum atomic E-state index is 12.0. The van der Waals surface area contributed by atoms with Gasteiger partial charge in [0.25, 0.3) is 5.91 Å². The lowest BCUT2D eigenvalue weighted by Crippen LogP contribution is -2.39. The van der Waals surface area contributed by atoms with Crippen LogP contribution in [0.2, 0.25) is 0 Å². The average molecular weight is 255 g/mol. The molecule has 0 aliphatic rings. The molecule has 0 bridgehead atoms. The monoisotopic (exact) mass is 255 g/mol. The van der Waals surface area contributed by atoms with Crippen molar-refractivity contribution in [3.8, 4) is 0 Å². The van der Waals surface area contributed by atoms with Crippen LogP contribution in [-0.2, 0) is 18.2 Å². The molecule has 0 aromatic carbocycles. The number of nitrogens with one attached hydrogen (secondary N) is 1. The van der Waals surface area contributed by atoms with Gasteiger partial charge in [0.2, 0.25) is 0 Å². The number of rotatable bonds is 7. The number of hydrogen-bond donors (Lipinski definition) is 2. The van der Waals surface area contributed by atoms with Gasteiger partial charge in [-0.15, -0.1) is 0 Å². The highest BCUT2D eigenvalue weighted by Crippen LogP contribution is 2.04. The minimum atomic E-state index is -0.294. The molecule has 2 N–H and O–H groups in total. The fraction of sp³-hybridized carbons (Fsp3) is 0.667. The molecule has 0 aliphatic heterocycles. The summed E-state index contributed by atoms with van der Waals surface area (Å²) in [6, 6.07) is 1.47. The Morgan fingerprint density at radius 1 is 1.67 bits per heavy atom. The molecule has 6 nitrogen and oxygen atoms in total. The van der Waals surface area contributed by atoms with E-state index in [0.29, 0.717) is 18.7 Å². The summed E-state index contributed by atoms with van der Waals surface area (Å²) >= 11 is 0. The Kier molecular flexibility index (Phi) is 5.80. The van der Waals surface area contributed by atoms with Gasteiger partial charge in [0, 0.05) is 20.8 Å². The number of nitrogens with zero attached hydrogens (tertiary/aromatic N) is 2. The molecule has 0 spiro atoms. The molecule has 1 atom stereocenters. The van der Waals surface area contributed by atoms with Crippen molar-refractivity contribution in [2.45, 2.75) is 25.8 Å². The smallest absolute Gasteiger partial charge is 0.269 e. The van der Waals surface area contributed by atoms with Gasteiger partial charge in [-0.05, 0) is 18.9 Å². The van der Waals surface area contributed by atoms with E-state index in [9.17, 15) is 9.90 Å². The van der Waals surface area contributed by atoms with Gasteiger partial charge in [-0.2, -0.15) is 5.10 Å². The lowest BCUT2D eigenvalue weighted by molar-refractivity contribution is 0.0885. The molecule has 1 aromatic heterocycles. The number of carbonyl (C=O) groups excluding carboxylic acids is 1. The van der Waals surface area contributed by atoms with Crippen molar-refractivity contribution in [3.05, 3.63) is 17.5 Å². The Labute approximate surface area is 107 Å². The molecule has 102 valence electrons. The van der Waals surface area contributed by atoms with Crippen LogP contribution in [0, 0.1) is 0 Å². The van der Waals surface area contributed by atoms with Crippen molar-refractivity contribution in [3.63, 3.8) is 0 Å². The van der Waals surface area contributed by atoms with E-state index in [4.69, 9.17) is 4.74 Å². The molecule has 1 heterocycles. The molecule has 0 saturated heterocycles. The third-order valence-corrected chi connectivity index (χ3v) is 2.75. The molecular weight excluding hydrogens is 234 g/mol. The lowest BCUT2D eigenvalue weighted by atomic mass is 10.2. The van der Waals surface area contributed by atoms with E-state index in [-0.39, 0.29) is 18.6 Å². The molecule has 1 rings (SSSR count). The fourth-order valence-corrected chi connectivity index (χ4v) is 1.64. The van der Waals surface area contributed by atoms with Gasteiger partial charge >= 0.3 is 0 Å². The fourth-order valence-electron chi connectivity index (χ4n) is 1.64. The van der Waals surface area contributed by atoms with Gasteiger partial charge in [0.1, 0.15) is 5.69 Å². The Balaban J connectivity index is 2.65. The van der Waals surface area contributed by atoms with E-state index < -0.39 is 0 Å². The molecule has 0 saturated carbocycles. The number of aryl methyl sites for hydroxylation is 2. The number of aliphatic hydroxyl groups excluding tert-OH is 1. The Bertz CT molecular complexity index is 390. The van der Waals surface area contributed by atoms with Crippen LogP contribution in [0.5, 0.6) is 0 Å². The van der Waals surface area contributed by atoms with Crippen LogP contribution in [-0.4, -0.2) is 47.2 Å². The van der Waals surface area contributed by atoms with E-state index in [1.54, 1.807) is 24.9 Å². The van der Waals surface area contributed by atoms with Gasteiger partial charge < -0.3 is 15.2 Å². The van der Waals surface area contributed by atoms with Crippen LogP contribution < -0.4 is 5.32 Å². The first kappa shape index (κ1) is 14.7. The highest BCUT2D eigenvalue weighted by Gasteiger charge is 2.16. The molecule has 18 heavy (non-hydrogen) atoms. The number of methoxy groups -OCH3 is 1. The number of aromatic nitrogens is 2. The summed E-state index contributed by atoms with van der Waals surface area (Å²) in [4.78, 5) is 12.0. The number of aliphatic hydroxyl groups is 1. The average Bonchev–Trinajstić information content (AvgIpc) is 2.75. The van der Waals surface area contributed by atoms with Crippen molar-refractivity contribution in [1.29, 1.82) is 0 Å². The maximum absolute atomic E-state index is 12.0. The van der Waals surface area contributed by atoms with Crippen LogP contribution in [0.1, 0.15) is 29.5 Å². The van der Waals surface area contributed by atoms with Crippen LogP contribution >= 0.6 is 0 Å². The minimum absolute atomic E-state index is 0.104. The number of ether oxygens (including phenoxy) is 1. The zero-order chi connectivity index (χ0) is 13.5. The van der Waals surface area contributed by atoms with Crippen molar-refractivity contribution in [2.24, 2.45) is 7.05 Å². The summed E-state index contributed by atoms with van der Waals surface area (Å²) in [6.45, 7) is 2.38. The molecule has 6 heteroatoms. The van der Waals surface area contributed by atoms with Gasteiger partial charge in [0.05, 0.1) is 18.3 Å². The van der Waals surface area contributed by atoms with Gasteiger partial charge in [-0.1, -0.05) is 6.92 Å². The molecule has 0 aliphatic carbocycles. The van der Waals surface area contributed by atoms with Crippen LogP contribution in [0.3, 0.4) is 0 Å². The Hall–Kier alpha value is -1.40. The largest absolute Gasteiger partial charge is 0.394 e. The number of amides is 1. The quantitative estimate of drug-likeness (QED) is 0.725. The lowest BCUT2D eigenvalue weighted by Gasteiger charge is -2.15. The van der Waals surface area contributed by atoms with Crippen molar-refractivity contribution >= 4 is 5.91 Å². The summed E-state index contributed by atoms with van der Waals surface area (Å²) in [7, 11) is 3.32. The first-order chi connectivity index (χ1) is 8.62. The van der Waals surface area contributed by atoms with E-state index in [1.807, 2.05) is 6.92 Å². The van der Waals surface area contributed by atoms with Gasteiger partial charge in [0.15, 0.2) is 0 Å². The molecule has 1 aromatic rings. The van der Waals surface area contributed by atoms with E-state index in [2.05, 4.69) is 10.4 Å². The van der Waals surface area contributed by atoms with Crippen molar-refractivity contribution < 1.29 is 14.6 Å². The third kappa shape index (κ3) is 3.82. The SMILES string of the molecule is CCc1cc(C(=O)NC(CO)CCOC)n(C)n1. The highest BCUT2D eigenvalue weighted by molar-refractivity contribution is 5.92. The third-order valence-electron chi connectivity index (χ3n) is 2.75. The summed E-state index contributed by atoms with van der Waals surface area (Å²) in [5.41, 5.74) is 1.38. The predicted octanol–water partition coefficient (Wildman–Crippen LogP) is 0.110. The Morgan fingerprint density at radius 2 is 2.39 bits per heavy atom. The van der Waals surface area contributed by atoms with E-state index >= 15 is 0 Å². The van der Waals surface area contributed by atoms with Gasteiger partial charge in [-0.3, -0.25) is 9.48 Å². The normalized spacial score (nSPS) is 12.4. The second-order valence-electron chi connectivity index (χ2n) is 4.13. The molecular formula is C12H21N3O3. The second-order valence-corrected chi connectivity index (χ2v) is 4.13. The molecule has 1 unspecified atom stereocenters. The molecule has 0 fully saturated rings. The summed E-state index contributed by atoms with van der Waals surface area (Å²) in [6.07, 6.45) is 1.37. The maximum Gasteiger partial charge on any atom is 0.269 e. The summed E-state index contributed by atoms with van der Waals surface area (Å²) in [5, 5.41) is 16.2. The van der Waals surface area contributed by atoms with Crippen LogP contribution in [0.25, 0.3) is 0 Å². The Morgan fingerprint density at radius 3 is 2.89 bits per heavy atom. The topological polar surface area (TPSA) is 76.4 Å². The first-order valence-electron chi connectivity index (χ1n) is 6.05. The van der Waals surface area contributed by atoms with E-state index in [1.165, 1.54) is 0 Å². The van der Waals surface area contributed by atoms with Gasteiger partial charge in [-0.25, -0.2) is 0 Å². The minimum Gasteiger partial charge on any atom is -0.394 e. The standard InChI is InChI=1S/C12H21N3O3/c1-4-9-7-11(15(2)14-9)12(17)13-10(8-16)5-6-18-3/h7,10,16H,4-6,8H2,1-3H3,(H,13,17). The zero-order valence-electron chi connectivity index (χ0n) is 11.1. The number of carbonyl (C=O) groups is 1.